The van der Waals surface area contributed by atoms with Crippen LogP contribution in [0.25, 0.3) is 0 Å². The van der Waals surface area contributed by atoms with Gasteiger partial charge in [-0.3, -0.25) is 14.4 Å². The molecule has 0 spiro atoms. The van der Waals surface area contributed by atoms with Crippen molar-refractivity contribution in [2.45, 2.75) is 412 Å². The first-order chi connectivity index (χ1) is 39.0. The fraction of sp³-hybridized carbons (Fsp3) is 0.904. The summed E-state index contributed by atoms with van der Waals surface area (Å²) in [5.74, 6) is -0.853. The summed E-state index contributed by atoms with van der Waals surface area (Å²) < 4.78 is 17.0. The van der Waals surface area contributed by atoms with Gasteiger partial charge in [-0.25, -0.2) is 0 Å². The summed E-state index contributed by atoms with van der Waals surface area (Å²) in [5, 5.41) is 0. The van der Waals surface area contributed by atoms with E-state index < -0.39 is 6.10 Å². The van der Waals surface area contributed by atoms with Crippen LogP contribution >= 0.6 is 0 Å². The average molecular weight is 1110 g/mol. The molecule has 1 unspecified atom stereocenters. The molecule has 0 aliphatic rings. The van der Waals surface area contributed by atoms with Gasteiger partial charge in [0.15, 0.2) is 6.10 Å². The lowest BCUT2D eigenvalue weighted by atomic mass is 10.0. The van der Waals surface area contributed by atoms with Gasteiger partial charge in [0, 0.05) is 19.3 Å². The molecule has 6 nitrogen and oxygen atoms in total. The van der Waals surface area contributed by atoms with E-state index >= 15 is 0 Å². The third kappa shape index (κ3) is 66.6. The summed E-state index contributed by atoms with van der Waals surface area (Å²) in [6.07, 6.45) is 83.6. The van der Waals surface area contributed by atoms with E-state index in [1.807, 2.05) is 0 Å². The Morgan fingerprint density at radius 3 is 0.709 bits per heavy atom. The average Bonchev–Trinajstić information content (AvgIpc) is 3.45. The maximum Gasteiger partial charge on any atom is 0.306 e. The van der Waals surface area contributed by atoms with Crippen molar-refractivity contribution >= 4 is 17.9 Å². The van der Waals surface area contributed by atoms with E-state index in [4.69, 9.17) is 14.2 Å². The number of carbonyl (C=O) groups is 3. The molecule has 6 heteroatoms. The lowest BCUT2D eigenvalue weighted by Crippen LogP contribution is -2.30. The normalized spacial score (nSPS) is 12.1. The van der Waals surface area contributed by atoms with Gasteiger partial charge in [0.05, 0.1) is 0 Å². The predicted octanol–water partition coefficient (Wildman–Crippen LogP) is 24.6. The lowest BCUT2D eigenvalue weighted by molar-refractivity contribution is -0.167. The van der Waals surface area contributed by atoms with Crippen LogP contribution in [0.5, 0.6) is 0 Å². The number of carbonyl (C=O) groups excluding carboxylic acids is 3. The Labute approximate surface area is 493 Å². The number of hydrogen-bond acceptors (Lipinski definition) is 6. The third-order valence-corrected chi connectivity index (χ3v) is 16.5. The van der Waals surface area contributed by atoms with Crippen molar-refractivity contribution in [3.8, 4) is 0 Å². The van der Waals surface area contributed by atoms with Crippen molar-refractivity contribution in [3.05, 3.63) is 24.3 Å². The largest absolute Gasteiger partial charge is 0.462 e. The molecule has 0 aliphatic heterocycles. The van der Waals surface area contributed by atoms with Gasteiger partial charge in [-0.05, 0) is 51.4 Å². The van der Waals surface area contributed by atoms with Gasteiger partial charge in [-0.1, -0.05) is 360 Å². The number of esters is 3. The van der Waals surface area contributed by atoms with Crippen LogP contribution < -0.4 is 0 Å². The van der Waals surface area contributed by atoms with Gasteiger partial charge in [0.1, 0.15) is 13.2 Å². The SMILES string of the molecule is CCCCCC/C=C\C/C=C\CCCCCCCC(=O)OC(COC(=O)CCCCCCCCCCCCCCCCC)COC(=O)CCCCCCCCCCCCCCCCCCCCCCCCCCCCCCCC. The van der Waals surface area contributed by atoms with E-state index in [0.29, 0.717) is 19.3 Å². The first kappa shape index (κ1) is 76.9. The summed E-state index contributed by atoms with van der Waals surface area (Å²) in [6, 6.07) is 0. The molecule has 79 heavy (non-hydrogen) atoms. The molecule has 0 aromatic carbocycles. The molecule has 0 aromatic heterocycles. The number of allylic oxidation sites excluding steroid dienone is 4. The number of hydrogen-bond donors (Lipinski definition) is 0. The molecule has 0 amide bonds. The van der Waals surface area contributed by atoms with E-state index in [1.165, 1.54) is 289 Å². The van der Waals surface area contributed by atoms with Crippen LogP contribution in [0.1, 0.15) is 406 Å². The van der Waals surface area contributed by atoms with Gasteiger partial charge in [0.2, 0.25) is 0 Å². The predicted molar refractivity (Wildman–Crippen MR) is 344 cm³/mol. The first-order valence-electron chi connectivity index (χ1n) is 35.8. The van der Waals surface area contributed by atoms with Crippen molar-refractivity contribution in [1.82, 2.24) is 0 Å². The molecule has 0 N–H and O–H groups in total. The number of rotatable bonds is 67. The molecular formula is C73H138O6. The minimum Gasteiger partial charge on any atom is -0.462 e. The van der Waals surface area contributed by atoms with Crippen LogP contribution in [0.4, 0.5) is 0 Å². The quantitative estimate of drug-likeness (QED) is 0.0261. The van der Waals surface area contributed by atoms with Crippen LogP contribution in [0.2, 0.25) is 0 Å². The fourth-order valence-electron chi connectivity index (χ4n) is 11.1. The zero-order chi connectivity index (χ0) is 57.1. The zero-order valence-corrected chi connectivity index (χ0v) is 53.7. The van der Waals surface area contributed by atoms with E-state index in [-0.39, 0.29) is 31.1 Å². The number of unbranched alkanes of at least 4 members (excludes halogenated alkanes) is 52. The smallest absolute Gasteiger partial charge is 0.306 e. The second-order valence-electron chi connectivity index (χ2n) is 24.5. The molecule has 0 fully saturated rings. The second-order valence-corrected chi connectivity index (χ2v) is 24.5. The molecule has 466 valence electrons. The maximum atomic E-state index is 12.9. The highest BCUT2D eigenvalue weighted by Gasteiger charge is 2.19. The van der Waals surface area contributed by atoms with E-state index in [2.05, 4.69) is 45.1 Å². The molecule has 0 bridgehead atoms. The van der Waals surface area contributed by atoms with Crippen molar-refractivity contribution in [1.29, 1.82) is 0 Å². The monoisotopic (exact) mass is 1110 g/mol. The molecule has 0 aliphatic carbocycles. The maximum absolute atomic E-state index is 12.9. The molecule has 0 rings (SSSR count). The summed E-state index contributed by atoms with van der Waals surface area (Å²) in [7, 11) is 0. The highest BCUT2D eigenvalue weighted by atomic mass is 16.6. The Morgan fingerprint density at radius 2 is 0.456 bits per heavy atom. The van der Waals surface area contributed by atoms with E-state index in [9.17, 15) is 14.4 Å². The standard InChI is InChI=1S/C73H138O6/c1-4-7-10-13-16-19-22-25-28-30-31-32-33-34-35-36-37-38-39-40-41-42-43-46-48-51-54-57-60-63-66-72(75)78-69-70(68-77-71(74)65-62-59-56-53-50-47-44-27-24-21-18-15-12-9-6-3)79-73(76)67-64-61-58-55-52-49-45-29-26-23-20-17-14-11-8-5-2/h20,23,29,45,70H,4-19,21-22,24-28,30-44,46-69H2,1-3H3/b23-20-,45-29-. The molecule has 1 atom stereocenters. The summed E-state index contributed by atoms with van der Waals surface area (Å²) >= 11 is 0. The Hall–Kier alpha value is -2.11. The van der Waals surface area contributed by atoms with Crippen molar-refractivity contribution in [2.24, 2.45) is 0 Å². The van der Waals surface area contributed by atoms with Gasteiger partial charge >= 0.3 is 17.9 Å². The van der Waals surface area contributed by atoms with Gasteiger partial charge in [-0.2, -0.15) is 0 Å². The fourth-order valence-corrected chi connectivity index (χ4v) is 11.1. The Balaban J connectivity index is 4.16. The Morgan fingerprint density at radius 1 is 0.253 bits per heavy atom. The molecular weight excluding hydrogens is 973 g/mol. The third-order valence-electron chi connectivity index (χ3n) is 16.5. The van der Waals surface area contributed by atoms with Gasteiger partial charge < -0.3 is 14.2 Å². The summed E-state index contributed by atoms with van der Waals surface area (Å²) in [4.78, 5) is 38.4. The Bertz CT molecular complexity index is 1270. The molecule has 0 saturated carbocycles. The lowest BCUT2D eigenvalue weighted by Gasteiger charge is -2.18. The highest BCUT2D eigenvalue weighted by molar-refractivity contribution is 5.71. The van der Waals surface area contributed by atoms with Crippen LogP contribution in [-0.2, 0) is 28.6 Å². The summed E-state index contributed by atoms with van der Waals surface area (Å²) in [5.41, 5.74) is 0. The van der Waals surface area contributed by atoms with E-state index in [1.54, 1.807) is 0 Å². The minimum atomic E-state index is -0.775. The first-order valence-corrected chi connectivity index (χ1v) is 35.8. The summed E-state index contributed by atoms with van der Waals surface area (Å²) in [6.45, 7) is 6.69. The zero-order valence-electron chi connectivity index (χ0n) is 53.7. The molecule has 0 heterocycles. The molecule has 0 aromatic rings. The van der Waals surface area contributed by atoms with Gasteiger partial charge in [0.25, 0.3) is 0 Å². The highest BCUT2D eigenvalue weighted by Crippen LogP contribution is 2.19. The minimum absolute atomic E-state index is 0.0708. The molecule has 0 radical (unpaired) electrons. The van der Waals surface area contributed by atoms with Crippen LogP contribution in [0, 0.1) is 0 Å². The van der Waals surface area contributed by atoms with Crippen molar-refractivity contribution in [2.75, 3.05) is 13.2 Å². The van der Waals surface area contributed by atoms with Crippen molar-refractivity contribution in [3.63, 3.8) is 0 Å². The van der Waals surface area contributed by atoms with Crippen LogP contribution in [0.3, 0.4) is 0 Å². The van der Waals surface area contributed by atoms with E-state index in [0.717, 1.165) is 77.0 Å². The van der Waals surface area contributed by atoms with Crippen molar-refractivity contribution < 1.29 is 28.6 Å². The van der Waals surface area contributed by atoms with Crippen LogP contribution in [0.15, 0.2) is 24.3 Å². The topological polar surface area (TPSA) is 78.9 Å². The number of ether oxygens (including phenoxy) is 3. The molecule has 0 saturated heterocycles. The second kappa shape index (κ2) is 68.4. The van der Waals surface area contributed by atoms with Gasteiger partial charge in [-0.15, -0.1) is 0 Å². The van der Waals surface area contributed by atoms with Crippen LogP contribution in [-0.4, -0.2) is 37.2 Å². The Kier molecular flexibility index (Phi) is 66.6.